The summed E-state index contributed by atoms with van der Waals surface area (Å²) in [5, 5.41) is 17.1. The Bertz CT molecular complexity index is 451. The number of carbonyl (C=O) groups is 1. The zero-order chi connectivity index (χ0) is 12.7. The normalized spacial score (nSPS) is 23.4. The van der Waals surface area contributed by atoms with Crippen LogP contribution in [-0.2, 0) is 11.8 Å². The molecule has 1 aliphatic heterocycles. The molecule has 0 aliphatic carbocycles. The summed E-state index contributed by atoms with van der Waals surface area (Å²) in [6.45, 7) is 6.07. The number of carboxylic acid groups (broad SMARTS) is 1. The molecule has 2 rings (SSSR count). The molecule has 2 heterocycles. The van der Waals surface area contributed by atoms with Crippen molar-refractivity contribution in [1.29, 1.82) is 0 Å². The lowest BCUT2D eigenvalue weighted by atomic mass is 9.84. The molecule has 1 aromatic heterocycles. The lowest BCUT2D eigenvalue weighted by Gasteiger charge is -2.32. The summed E-state index contributed by atoms with van der Waals surface area (Å²) in [4.78, 5) is 11.4. The molecule has 1 aromatic rings. The highest BCUT2D eigenvalue weighted by Gasteiger charge is 2.36. The summed E-state index contributed by atoms with van der Waals surface area (Å²) in [6.07, 6.45) is 0.631. The first-order valence-corrected chi connectivity index (χ1v) is 5.94. The third-order valence-electron chi connectivity index (χ3n) is 3.53. The topological polar surface area (TPSA) is 67.2 Å². The van der Waals surface area contributed by atoms with Crippen molar-refractivity contribution in [2.45, 2.75) is 39.2 Å². The smallest absolute Gasteiger partial charge is 0.311 e. The summed E-state index contributed by atoms with van der Waals surface area (Å²) in [7, 11) is 1.85. The molecule has 94 valence electrons. The van der Waals surface area contributed by atoms with E-state index in [2.05, 4.69) is 24.3 Å². The molecule has 0 aromatic carbocycles. The molecule has 0 spiro atoms. The van der Waals surface area contributed by atoms with Gasteiger partial charge in [-0.25, -0.2) is 0 Å². The van der Waals surface area contributed by atoms with Crippen molar-refractivity contribution >= 4 is 11.8 Å². The summed E-state index contributed by atoms with van der Waals surface area (Å²) < 4.78 is 1.75. The van der Waals surface area contributed by atoms with Gasteiger partial charge in [-0.1, -0.05) is 13.8 Å². The lowest BCUT2D eigenvalue weighted by Crippen LogP contribution is -2.35. The van der Waals surface area contributed by atoms with Gasteiger partial charge >= 0.3 is 5.97 Å². The van der Waals surface area contributed by atoms with Crippen LogP contribution in [0, 0.1) is 12.8 Å². The van der Waals surface area contributed by atoms with Crippen LogP contribution in [0.4, 0.5) is 5.82 Å². The van der Waals surface area contributed by atoms with Crippen LogP contribution in [-0.4, -0.2) is 26.9 Å². The van der Waals surface area contributed by atoms with Crippen LogP contribution in [0.15, 0.2) is 0 Å². The molecule has 0 saturated carbocycles. The SMILES string of the molecule is Cc1nn(C)c2c1[C@H](C(=O)O)C[C@H](C(C)C)N2. The first-order chi connectivity index (χ1) is 7.91. The minimum Gasteiger partial charge on any atom is -0.481 e. The van der Waals surface area contributed by atoms with Crippen molar-refractivity contribution < 1.29 is 9.90 Å². The molecule has 0 radical (unpaired) electrons. The predicted molar refractivity (Wildman–Crippen MR) is 65.2 cm³/mol. The van der Waals surface area contributed by atoms with Crippen LogP contribution >= 0.6 is 0 Å². The highest BCUT2D eigenvalue weighted by atomic mass is 16.4. The third kappa shape index (κ3) is 1.90. The quantitative estimate of drug-likeness (QED) is 0.822. The minimum absolute atomic E-state index is 0.193. The largest absolute Gasteiger partial charge is 0.481 e. The van der Waals surface area contributed by atoms with Gasteiger partial charge in [-0.15, -0.1) is 0 Å². The number of nitrogens with zero attached hydrogens (tertiary/aromatic N) is 2. The summed E-state index contributed by atoms with van der Waals surface area (Å²) in [5.74, 6) is 0.0712. The van der Waals surface area contributed by atoms with Crippen LogP contribution in [0.1, 0.15) is 37.4 Å². The standard InChI is InChI=1S/C12H19N3O2/c1-6(2)9-5-8(12(16)17)10-7(3)14-15(4)11(10)13-9/h6,8-9,13H,5H2,1-4H3,(H,16,17)/t8-,9-/m1/s1. The zero-order valence-electron chi connectivity index (χ0n) is 10.7. The summed E-state index contributed by atoms with van der Waals surface area (Å²) >= 11 is 0. The van der Waals surface area contributed by atoms with Gasteiger partial charge in [-0.2, -0.15) is 5.10 Å². The average molecular weight is 237 g/mol. The van der Waals surface area contributed by atoms with Gasteiger partial charge in [0.2, 0.25) is 0 Å². The Balaban J connectivity index is 2.47. The highest BCUT2D eigenvalue weighted by molar-refractivity contribution is 5.80. The van der Waals surface area contributed by atoms with E-state index in [0.717, 1.165) is 17.1 Å². The van der Waals surface area contributed by atoms with Gasteiger partial charge in [0.05, 0.1) is 11.6 Å². The number of anilines is 1. The van der Waals surface area contributed by atoms with Gasteiger partial charge in [-0.3, -0.25) is 9.48 Å². The van der Waals surface area contributed by atoms with Crippen LogP contribution in [0.3, 0.4) is 0 Å². The maximum atomic E-state index is 11.4. The molecule has 0 saturated heterocycles. The van der Waals surface area contributed by atoms with Gasteiger partial charge in [0.25, 0.3) is 0 Å². The Labute approximate surface area is 101 Å². The molecule has 0 bridgehead atoms. The first kappa shape index (κ1) is 12.0. The van der Waals surface area contributed by atoms with E-state index in [4.69, 9.17) is 0 Å². The number of aliphatic carboxylic acids is 1. The molecule has 2 N–H and O–H groups in total. The Morgan fingerprint density at radius 2 is 2.24 bits per heavy atom. The van der Waals surface area contributed by atoms with E-state index in [9.17, 15) is 9.90 Å². The molecule has 5 heteroatoms. The van der Waals surface area contributed by atoms with E-state index in [-0.39, 0.29) is 6.04 Å². The lowest BCUT2D eigenvalue weighted by molar-refractivity contribution is -0.139. The molecular weight excluding hydrogens is 218 g/mol. The number of aryl methyl sites for hydroxylation is 2. The van der Waals surface area contributed by atoms with Crippen LogP contribution < -0.4 is 5.32 Å². The Morgan fingerprint density at radius 3 is 2.76 bits per heavy atom. The van der Waals surface area contributed by atoms with Crippen molar-refractivity contribution in [3.8, 4) is 0 Å². The van der Waals surface area contributed by atoms with Crippen molar-refractivity contribution in [3.63, 3.8) is 0 Å². The van der Waals surface area contributed by atoms with E-state index in [1.807, 2.05) is 14.0 Å². The monoisotopic (exact) mass is 237 g/mol. The fourth-order valence-corrected chi connectivity index (χ4v) is 2.53. The van der Waals surface area contributed by atoms with Crippen LogP contribution in [0.25, 0.3) is 0 Å². The fraction of sp³-hybridized carbons (Fsp3) is 0.667. The van der Waals surface area contributed by atoms with Gasteiger partial charge < -0.3 is 10.4 Å². The fourth-order valence-electron chi connectivity index (χ4n) is 2.53. The van der Waals surface area contributed by atoms with Crippen molar-refractivity contribution in [2.24, 2.45) is 13.0 Å². The molecule has 2 atom stereocenters. The van der Waals surface area contributed by atoms with E-state index in [0.29, 0.717) is 12.3 Å². The average Bonchev–Trinajstić information content (AvgIpc) is 2.53. The second-order valence-electron chi connectivity index (χ2n) is 5.09. The third-order valence-corrected chi connectivity index (χ3v) is 3.53. The van der Waals surface area contributed by atoms with Gasteiger partial charge in [0, 0.05) is 18.7 Å². The molecule has 1 aliphatic rings. The van der Waals surface area contributed by atoms with Crippen LogP contribution in [0.5, 0.6) is 0 Å². The van der Waals surface area contributed by atoms with Crippen molar-refractivity contribution in [1.82, 2.24) is 9.78 Å². The molecule has 5 nitrogen and oxygen atoms in total. The highest BCUT2D eigenvalue weighted by Crippen LogP contribution is 2.38. The number of fused-ring (bicyclic) bond motifs is 1. The molecule has 0 fully saturated rings. The first-order valence-electron chi connectivity index (χ1n) is 5.94. The Morgan fingerprint density at radius 1 is 1.59 bits per heavy atom. The zero-order valence-corrected chi connectivity index (χ0v) is 10.7. The molecule has 0 unspecified atom stereocenters. The number of hydrogen-bond acceptors (Lipinski definition) is 3. The number of carboxylic acids is 1. The summed E-state index contributed by atoms with van der Waals surface area (Å²) in [6, 6.07) is 0.193. The van der Waals surface area contributed by atoms with Crippen molar-refractivity contribution in [3.05, 3.63) is 11.3 Å². The number of rotatable bonds is 2. The molecular formula is C12H19N3O2. The maximum absolute atomic E-state index is 11.4. The second-order valence-corrected chi connectivity index (χ2v) is 5.09. The van der Waals surface area contributed by atoms with Gasteiger partial charge in [0.15, 0.2) is 0 Å². The van der Waals surface area contributed by atoms with Crippen molar-refractivity contribution in [2.75, 3.05) is 5.32 Å². The van der Waals surface area contributed by atoms with Crippen LogP contribution in [0.2, 0.25) is 0 Å². The number of aromatic nitrogens is 2. The van der Waals surface area contributed by atoms with Gasteiger partial charge in [0.1, 0.15) is 5.82 Å². The number of nitrogens with one attached hydrogen (secondary N) is 1. The minimum atomic E-state index is -0.755. The second kappa shape index (κ2) is 4.05. The Hall–Kier alpha value is -1.52. The Kier molecular flexibility index (Phi) is 2.85. The van der Waals surface area contributed by atoms with Gasteiger partial charge in [-0.05, 0) is 19.3 Å². The van der Waals surface area contributed by atoms with E-state index in [1.165, 1.54) is 0 Å². The number of hydrogen-bond donors (Lipinski definition) is 2. The van der Waals surface area contributed by atoms with E-state index < -0.39 is 11.9 Å². The molecule has 17 heavy (non-hydrogen) atoms. The maximum Gasteiger partial charge on any atom is 0.311 e. The summed E-state index contributed by atoms with van der Waals surface area (Å²) in [5.41, 5.74) is 1.65. The van der Waals surface area contributed by atoms with E-state index in [1.54, 1.807) is 4.68 Å². The predicted octanol–water partition coefficient (Wildman–Crippen LogP) is 1.74. The molecule has 0 amide bonds. The van der Waals surface area contributed by atoms with E-state index >= 15 is 0 Å².